The number of hydrogen-bond donors (Lipinski definition) is 0. The third-order valence-electron chi connectivity index (χ3n) is 2.73. The van der Waals surface area contributed by atoms with Crippen molar-refractivity contribution in [1.82, 2.24) is 0 Å². The molecule has 0 spiro atoms. The van der Waals surface area contributed by atoms with Gasteiger partial charge in [-0.25, -0.2) is 22.3 Å². The van der Waals surface area contributed by atoms with Crippen LogP contribution < -0.4 is 0 Å². The van der Waals surface area contributed by atoms with E-state index in [0.29, 0.717) is 0 Å². The van der Waals surface area contributed by atoms with Gasteiger partial charge >= 0.3 is 26.2 Å². The first kappa shape index (κ1) is 20.4. The van der Waals surface area contributed by atoms with Gasteiger partial charge in [0.1, 0.15) is 0 Å². The maximum atomic E-state index is 3.19. The summed E-state index contributed by atoms with van der Waals surface area (Å²) in [5.41, 5.74) is 5.42. The molecule has 0 heterocycles. The van der Waals surface area contributed by atoms with Crippen LogP contribution in [-0.4, -0.2) is 9.52 Å². The van der Waals surface area contributed by atoms with Crippen molar-refractivity contribution in [2.24, 2.45) is 0 Å². The quantitative estimate of drug-likeness (QED) is 0.435. The molecule has 0 bridgehead atoms. The smallest absolute Gasteiger partial charge is 1.00 e. The molecule has 0 fully saturated rings. The molecule has 0 aliphatic heterocycles. The molecule has 0 aromatic carbocycles. The zero-order valence-electron chi connectivity index (χ0n) is 14.6. The molecule has 101 valence electrons. The molecule has 0 saturated heterocycles. The maximum absolute atomic E-state index is 3.19. The van der Waals surface area contributed by atoms with E-state index in [1.165, 1.54) is 22.3 Å². The summed E-state index contributed by atoms with van der Waals surface area (Å²) in [6, 6.07) is 0. The normalized spacial score (nSPS) is 15.9. The number of hydrogen-bond acceptors (Lipinski definition) is 0. The van der Waals surface area contributed by atoms with Crippen LogP contribution in [0.2, 0.25) is 13.1 Å². The van der Waals surface area contributed by atoms with Gasteiger partial charge in [-0.2, -0.15) is 12.2 Å². The van der Waals surface area contributed by atoms with E-state index in [0.717, 1.165) is 22.4 Å². The van der Waals surface area contributed by atoms with E-state index in [4.69, 9.17) is 0 Å². The average Bonchev–Trinajstić information content (AvgIpc) is 2.81. The molecular formula is C16H27SiZr-2. The summed E-state index contributed by atoms with van der Waals surface area (Å²) in [6.07, 6.45) is 12.8. The van der Waals surface area contributed by atoms with E-state index < -0.39 is 0 Å². The Labute approximate surface area is 138 Å². The van der Waals surface area contributed by atoms with Crippen LogP contribution in [0.4, 0.5) is 0 Å². The standard InChI is InChI=1S/2C7H9.C2H7Si.Zr.2H/c2*1-6-4-3-5-7(6)2;1-3-2;;;/h2*4H,3H2,1-2H3;3H,1-2H3;;;/q2*-1;;+2;2*-1. The zero-order chi connectivity index (χ0) is 13.3. The molecule has 0 atom stereocenters. The number of rotatable bonds is 0. The van der Waals surface area contributed by atoms with Crippen molar-refractivity contribution in [2.45, 2.75) is 53.6 Å². The molecular weight excluding hydrogens is 311 g/mol. The van der Waals surface area contributed by atoms with Gasteiger partial charge in [-0.15, -0.1) is 26.7 Å². The summed E-state index contributed by atoms with van der Waals surface area (Å²) in [5.74, 6) is 0. The summed E-state index contributed by atoms with van der Waals surface area (Å²) < 4.78 is 0. The largest absolute Gasteiger partial charge is 2.00 e. The molecule has 0 nitrogen and oxygen atoms in total. The van der Waals surface area contributed by atoms with Gasteiger partial charge in [0.25, 0.3) is 0 Å². The first-order valence-corrected chi connectivity index (χ1v) is 8.57. The predicted molar refractivity (Wildman–Crippen MR) is 82.7 cm³/mol. The van der Waals surface area contributed by atoms with Gasteiger partial charge in [-0.1, -0.05) is 26.9 Å². The predicted octanol–water partition coefficient (Wildman–Crippen LogP) is 4.91. The van der Waals surface area contributed by atoms with Gasteiger partial charge in [0, 0.05) is 9.52 Å². The zero-order valence-corrected chi connectivity index (χ0v) is 16.3. The molecule has 2 aliphatic carbocycles. The third kappa shape index (κ3) is 9.05. The monoisotopic (exact) mass is 337 g/mol. The fourth-order valence-electron chi connectivity index (χ4n) is 1.30. The summed E-state index contributed by atoms with van der Waals surface area (Å²) >= 11 is 0. The second-order valence-corrected chi connectivity index (χ2v) is 5.52. The third-order valence-corrected chi connectivity index (χ3v) is 2.73. The van der Waals surface area contributed by atoms with Crippen LogP contribution in [0.1, 0.15) is 43.4 Å². The van der Waals surface area contributed by atoms with E-state index >= 15 is 0 Å². The van der Waals surface area contributed by atoms with Crippen LogP contribution in [0.5, 0.6) is 0 Å². The minimum absolute atomic E-state index is 0. The van der Waals surface area contributed by atoms with Crippen molar-refractivity contribution in [2.75, 3.05) is 0 Å². The Balaban J connectivity index is -0.0000000956. The van der Waals surface area contributed by atoms with Crippen LogP contribution in [0, 0.1) is 12.2 Å². The molecule has 1 radical (unpaired) electrons. The number of allylic oxidation sites excluding steroid dienone is 8. The molecule has 2 rings (SSSR count). The molecule has 0 saturated carbocycles. The fourth-order valence-corrected chi connectivity index (χ4v) is 1.30. The van der Waals surface area contributed by atoms with Crippen LogP contribution in [0.25, 0.3) is 0 Å². The first-order valence-electron chi connectivity index (χ1n) is 6.26. The molecule has 0 aromatic rings. The van der Waals surface area contributed by atoms with Crippen LogP contribution in [0.3, 0.4) is 0 Å². The molecule has 18 heavy (non-hydrogen) atoms. The Kier molecular flexibility index (Phi) is 13.7. The molecule has 0 N–H and O–H groups in total. The van der Waals surface area contributed by atoms with E-state index in [2.05, 4.69) is 65.1 Å². The van der Waals surface area contributed by atoms with Crippen LogP contribution in [-0.2, 0) is 26.2 Å². The summed E-state index contributed by atoms with van der Waals surface area (Å²) in [5, 5.41) is 0. The van der Waals surface area contributed by atoms with Crippen LogP contribution >= 0.6 is 0 Å². The van der Waals surface area contributed by atoms with Crippen LogP contribution in [0.15, 0.2) is 34.4 Å². The average molecular weight is 339 g/mol. The van der Waals surface area contributed by atoms with E-state index in [9.17, 15) is 0 Å². The van der Waals surface area contributed by atoms with Crippen molar-refractivity contribution in [3.63, 3.8) is 0 Å². The molecule has 0 aromatic heterocycles. The molecule has 2 heteroatoms. The first-order chi connectivity index (χ1) is 8.02. The minimum atomic E-state index is 0. The second kappa shape index (κ2) is 12.1. The fraction of sp³-hybridized carbons (Fsp3) is 0.500. The maximum Gasteiger partial charge on any atom is 2.00 e. The van der Waals surface area contributed by atoms with Gasteiger partial charge < -0.3 is 2.85 Å². The van der Waals surface area contributed by atoms with Gasteiger partial charge in [0.2, 0.25) is 0 Å². The molecule has 2 aliphatic rings. The second-order valence-electron chi connectivity index (χ2n) is 4.36. The van der Waals surface area contributed by atoms with Crippen molar-refractivity contribution >= 4 is 9.52 Å². The van der Waals surface area contributed by atoms with E-state index in [1.54, 1.807) is 0 Å². The van der Waals surface area contributed by atoms with Crippen molar-refractivity contribution in [3.8, 4) is 0 Å². The Hall–Kier alpha value is 0.0600. The topological polar surface area (TPSA) is 0 Å². The Bertz CT molecular complexity index is 289. The van der Waals surface area contributed by atoms with Gasteiger partial charge in [0.05, 0.1) is 0 Å². The van der Waals surface area contributed by atoms with Gasteiger partial charge in [-0.3, -0.25) is 12.2 Å². The summed E-state index contributed by atoms with van der Waals surface area (Å²) in [4.78, 5) is 0. The minimum Gasteiger partial charge on any atom is -1.00 e. The van der Waals surface area contributed by atoms with Gasteiger partial charge in [0.15, 0.2) is 0 Å². The van der Waals surface area contributed by atoms with E-state index in [-0.39, 0.29) is 29.1 Å². The Morgan fingerprint density at radius 1 is 0.889 bits per heavy atom. The van der Waals surface area contributed by atoms with Gasteiger partial charge in [-0.05, 0) is 0 Å². The van der Waals surface area contributed by atoms with Crippen molar-refractivity contribution in [1.29, 1.82) is 0 Å². The SMILES string of the molecule is CC1=[C-]CC=C1C.CC1=[C-]CC=C1C.C[SiH]C.[H-].[H-].[Zr+2]. The molecule has 0 amide bonds. The summed E-state index contributed by atoms with van der Waals surface area (Å²) in [6.45, 7) is 12.8. The van der Waals surface area contributed by atoms with E-state index in [1.807, 2.05) is 0 Å². The Morgan fingerprint density at radius 3 is 1.22 bits per heavy atom. The van der Waals surface area contributed by atoms with Crippen molar-refractivity contribution in [3.05, 3.63) is 46.6 Å². The van der Waals surface area contributed by atoms with Crippen molar-refractivity contribution < 1.29 is 29.1 Å². The summed E-state index contributed by atoms with van der Waals surface area (Å²) in [7, 11) is 0.750. The Morgan fingerprint density at radius 2 is 1.17 bits per heavy atom. The molecule has 0 unspecified atom stereocenters.